The monoisotopic (exact) mass is 230 g/mol. The van der Waals surface area contributed by atoms with E-state index in [4.69, 9.17) is 5.11 Å². The molecule has 0 aliphatic carbocycles. The van der Waals surface area contributed by atoms with Crippen molar-refractivity contribution in [1.29, 1.82) is 0 Å². The molecule has 16 heavy (non-hydrogen) atoms. The van der Waals surface area contributed by atoms with Crippen molar-refractivity contribution in [2.24, 2.45) is 0 Å². The molecule has 0 spiro atoms. The van der Waals surface area contributed by atoms with Crippen molar-refractivity contribution in [2.45, 2.75) is 13.1 Å². The van der Waals surface area contributed by atoms with Crippen LogP contribution in [0.2, 0.25) is 0 Å². The van der Waals surface area contributed by atoms with Gasteiger partial charge in [-0.25, -0.2) is 4.79 Å². The van der Waals surface area contributed by atoms with Gasteiger partial charge in [-0.2, -0.15) is 13.2 Å². The molecule has 0 aromatic heterocycles. The van der Waals surface area contributed by atoms with Gasteiger partial charge in [-0.3, -0.25) is 0 Å². The summed E-state index contributed by atoms with van der Waals surface area (Å²) in [7, 11) is 0. The van der Waals surface area contributed by atoms with E-state index in [0.717, 1.165) is 0 Å². The maximum atomic E-state index is 12.6. The Morgan fingerprint density at radius 2 is 1.88 bits per heavy atom. The molecule has 1 aromatic rings. The van der Waals surface area contributed by atoms with Crippen LogP contribution in [0, 0.1) is 6.92 Å². The van der Waals surface area contributed by atoms with Crippen molar-refractivity contribution < 1.29 is 23.1 Å². The largest absolute Gasteiger partial charge is 0.478 e. The van der Waals surface area contributed by atoms with Crippen LogP contribution in [-0.4, -0.2) is 17.3 Å². The molecule has 0 unspecified atom stereocenters. The minimum atomic E-state index is -4.68. The number of carbonyl (C=O) groups is 1. The van der Waals surface area contributed by atoms with E-state index >= 15 is 0 Å². The molecule has 5 heteroatoms. The summed E-state index contributed by atoms with van der Waals surface area (Å²) in [6.45, 7) is 1.50. The first kappa shape index (κ1) is 12.3. The van der Waals surface area contributed by atoms with E-state index in [9.17, 15) is 18.0 Å². The van der Waals surface area contributed by atoms with Crippen LogP contribution in [0.15, 0.2) is 30.3 Å². The number of hydrogen-bond donors (Lipinski definition) is 1. The van der Waals surface area contributed by atoms with Gasteiger partial charge in [-0.15, -0.1) is 0 Å². The number of aliphatic carboxylic acids is 1. The first-order chi connectivity index (χ1) is 7.32. The summed E-state index contributed by atoms with van der Waals surface area (Å²) >= 11 is 0. The Kier molecular flexibility index (Phi) is 3.37. The van der Waals surface area contributed by atoms with Gasteiger partial charge in [-0.1, -0.05) is 24.3 Å². The van der Waals surface area contributed by atoms with Gasteiger partial charge in [0.1, 0.15) is 0 Å². The summed E-state index contributed by atoms with van der Waals surface area (Å²) in [5.41, 5.74) is -0.872. The summed E-state index contributed by atoms with van der Waals surface area (Å²) in [5.74, 6) is -1.62. The van der Waals surface area contributed by atoms with Crippen molar-refractivity contribution in [3.05, 3.63) is 41.5 Å². The van der Waals surface area contributed by atoms with Crippen LogP contribution in [0.25, 0.3) is 5.57 Å². The molecule has 0 aliphatic rings. The van der Waals surface area contributed by atoms with Crippen molar-refractivity contribution in [1.82, 2.24) is 0 Å². The van der Waals surface area contributed by atoms with Gasteiger partial charge in [0.2, 0.25) is 0 Å². The molecular weight excluding hydrogens is 221 g/mol. The molecule has 86 valence electrons. The number of rotatable bonds is 2. The van der Waals surface area contributed by atoms with E-state index in [-0.39, 0.29) is 11.6 Å². The predicted octanol–water partition coefficient (Wildman–Crippen LogP) is 3.03. The van der Waals surface area contributed by atoms with E-state index in [1.807, 2.05) is 0 Å². The third kappa shape index (κ3) is 2.85. The van der Waals surface area contributed by atoms with Crippen LogP contribution in [0.3, 0.4) is 0 Å². The smallest absolute Gasteiger partial charge is 0.417 e. The maximum Gasteiger partial charge on any atom is 0.417 e. The van der Waals surface area contributed by atoms with Gasteiger partial charge in [0.05, 0.1) is 5.57 Å². The second kappa shape index (κ2) is 4.38. The van der Waals surface area contributed by atoms with Crippen molar-refractivity contribution in [3.63, 3.8) is 0 Å². The molecule has 0 heterocycles. The lowest BCUT2D eigenvalue weighted by molar-refractivity contribution is -0.131. The Labute approximate surface area is 90.0 Å². The molecule has 0 atom stereocenters. The molecule has 1 aromatic carbocycles. The van der Waals surface area contributed by atoms with Crippen molar-refractivity contribution >= 4 is 11.5 Å². The standard InChI is InChI=1S/C11H9F3O2/c1-7-4-2-3-5-8(7)9(6-10(15)16)11(12,13)14/h2-6H,1H3,(H,15,16)/b9-6+. The molecule has 0 amide bonds. The molecule has 0 fully saturated rings. The number of benzene rings is 1. The quantitative estimate of drug-likeness (QED) is 0.793. The van der Waals surface area contributed by atoms with Gasteiger partial charge in [-0.05, 0) is 18.1 Å². The number of halogens is 3. The average Bonchev–Trinajstić information content (AvgIpc) is 2.13. The molecule has 2 nitrogen and oxygen atoms in total. The highest BCUT2D eigenvalue weighted by Crippen LogP contribution is 2.35. The highest BCUT2D eigenvalue weighted by molar-refractivity contribution is 5.91. The van der Waals surface area contributed by atoms with Gasteiger partial charge < -0.3 is 5.11 Å². The van der Waals surface area contributed by atoms with Crippen LogP contribution >= 0.6 is 0 Å². The van der Waals surface area contributed by atoms with Crippen LogP contribution in [0.5, 0.6) is 0 Å². The Morgan fingerprint density at radius 1 is 1.31 bits per heavy atom. The zero-order valence-corrected chi connectivity index (χ0v) is 8.38. The summed E-state index contributed by atoms with van der Waals surface area (Å²) in [6, 6.07) is 5.77. The van der Waals surface area contributed by atoms with E-state index in [2.05, 4.69) is 0 Å². The van der Waals surface area contributed by atoms with Gasteiger partial charge in [0, 0.05) is 6.08 Å². The number of carboxylic acid groups (broad SMARTS) is 1. The van der Waals surface area contributed by atoms with Gasteiger partial charge in [0.25, 0.3) is 0 Å². The maximum absolute atomic E-state index is 12.6. The van der Waals surface area contributed by atoms with E-state index < -0.39 is 17.7 Å². The zero-order chi connectivity index (χ0) is 12.3. The Balaban J connectivity index is 3.34. The summed E-state index contributed by atoms with van der Waals surface area (Å²) in [5, 5.41) is 8.42. The van der Waals surface area contributed by atoms with Crippen LogP contribution in [-0.2, 0) is 4.79 Å². The fourth-order valence-electron chi connectivity index (χ4n) is 1.31. The number of hydrogen-bond acceptors (Lipinski definition) is 1. The van der Waals surface area contributed by atoms with Crippen LogP contribution < -0.4 is 0 Å². The van der Waals surface area contributed by atoms with Gasteiger partial charge in [0.15, 0.2) is 0 Å². The average molecular weight is 230 g/mol. The minimum absolute atomic E-state index is 0.114. The SMILES string of the molecule is Cc1ccccc1/C(=C\C(=O)O)C(F)(F)F. The van der Waals surface area contributed by atoms with Crippen molar-refractivity contribution in [2.75, 3.05) is 0 Å². The lowest BCUT2D eigenvalue weighted by Crippen LogP contribution is -2.13. The molecular formula is C11H9F3O2. The predicted molar refractivity (Wildman–Crippen MR) is 52.8 cm³/mol. The number of alkyl halides is 3. The fourth-order valence-corrected chi connectivity index (χ4v) is 1.31. The number of aryl methyl sites for hydroxylation is 1. The highest BCUT2D eigenvalue weighted by atomic mass is 19.4. The Morgan fingerprint density at radius 3 is 2.31 bits per heavy atom. The summed E-state index contributed by atoms with van der Waals surface area (Å²) in [4.78, 5) is 10.4. The third-order valence-electron chi connectivity index (χ3n) is 2.01. The van der Waals surface area contributed by atoms with Crippen LogP contribution in [0.1, 0.15) is 11.1 Å². The molecule has 0 radical (unpaired) electrons. The van der Waals surface area contributed by atoms with Crippen molar-refractivity contribution in [3.8, 4) is 0 Å². The Hall–Kier alpha value is -1.78. The van der Waals surface area contributed by atoms with Crippen LogP contribution in [0.4, 0.5) is 13.2 Å². The number of carboxylic acids is 1. The third-order valence-corrected chi connectivity index (χ3v) is 2.01. The fraction of sp³-hybridized carbons (Fsp3) is 0.182. The summed E-state index contributed by atoms with van der Waals surface area (Å²) in [6.07, 6.45) is -4.49. The first-order valence-electron chi connectivity index (χ1n) is 4.40. The van der Waals surface area contributed by atoms with E-state index in [1.54, 1.807) is 6.07 Å². The van der Waals surface area contributed by atoms with E-state index in [1.165, 1.54) is 25.1 Å². The second-order valence-corrected chi connectivity index (χ2v) is 3.21. The molecule has 0 aliphatic heterocycles. The van der Waals surface area contributed by atoms with Gasteiger partial charge >= 0.3 is 12.1 Å². The lowest BCUT2D eigenvalue weighted by atomic mass is 10.00. The summed E-state index contributed by atoms with van der Waals surface area (Å²) < 4.78 is 37.8. The molecule has 0 bridgehead atoms. The molecule has 0 saturated heterocycles. The highest BCUT2D eigenvalue weighted by Gasteiger charge is 2.35. The van der Waals surface area contributed by atoms with E-state index in [0.29, 0.717) is 5.56 Å². The topological polar surface area (TPSA) is 37.3 Å². The molecule has 1 rings (SSSR count). The second-order valence-electron chi connectivity index (χ2n) is 3.21. The normalized spacial score (nSPS) is 12.6. The minimum Gasteiger partial charge on any atom is -0.478 e. The molecule has 1 N–H and O–H groups in total. The lowest BCUT2D eigenvalue weighted by Gasteiger charge is -2.13. The zero-order valence-electron chi connectivity index (χ0n) is 8.38. The number of allylic oxidation sites excluding steroid dienone is 1. The Bertz CT molecular complexity index is 433. The molecule has 0 saturated carbocycles. The first-order valence-corrected chi connectivity index (χ1v) is 4.40.